The minimum Gasteiger partial charge on any atom is -0.497 e. The molecule has 5 nitrogen and oxygen atoms in total. The van der Waals surface area contributed by atoms with Gasteiger partial charge in [-0.05, 0) is 54.4 Å². The molecule has 0 bridgehead atoms. The number of ether oxygens (including phenoxy) is 1. The number of hydrogen-bond donors (Lipinski definition) is 2. The molecule has 0 spiro atoms. The fraction of sp³-hybridized carbons (Fsp3) is 0.333. The first-order valence-electron chi connectivity index (χ1n) is 8.93. The summed E-state index contributed by atoms with van der Waals surface area (Å²) >= 11 is 1.63. The molecule has 144 valence electrons. The molecule has 0 saturated carbocycles. The molecule has 0 heterocycles. The van der Waals surface area contributed by atoms with E-state index in [4.69, 9.17) is 4.74 Å². The van der Waals surface area contributed by atoms with E-state index < -0.39 is 0 Å². The van der Waals surface area contributed by atoms with Gasteiger partial charge in [-0.25, -0.2) is 0 Å². The summed E-state index contributed by atoms with van der Waals surface area (Å²) in [6.07, 6.45) is 0.911. The lowest BCUT2D eigenvalue weighted by molar-refractivity contribution is -0.117. The Morgan fingerprint density at radius 2 is 1.48 bits per heavy atom. The molecular formula is C21H26N2O3S. The van der Waals surface area contributed by atoms with E-state index in [2.05, 4.69) is 10.6 Å². The van der Waals surface area contributed by atoms with Crippen LogP contribution in [-0.4, -0.2) is 24.7 Å². The van der Waals surface area contributed by atoms with Crippen LogP contribution in [0.15, 0.2) is 53.4 Å². The van der Waals surface area contributed by atoms with Gasteiger partial charge in [-0.1, -0.05) is 13.8 Å². The van der Waals surface area contributed by atoms with Crippen molar-refractivity contribution in [3.8, 4) is 5.75 Å². The van der Waals surface area contributed by atoms with Crippen LogP contribution in [0, 0.1) is 5.92 Å². The molecule has 0 saturated heterocycles. The van der Waals surface area contributed by atoms with Gasteiger partial charge in [0.05, 0.1) is 7.11 Å². The highest BCUT2D eigenvalue weighted by Gasteiger charge is 2.06. The van der Waals surface area contributed by atoms with Gasteiger partial charge in [-0.15, -0.1) is 11.8 Å². The number of nitrogens with one attached hydrogen (secondary N) is 2. The van der Waals surface area contributed by atoms with Crippen LogP contribution in [-0.2, 0) is 9.59 Å². The second kappa shape index (κ2) is 10.6. The highest BCUT2D eigenvalue weighted by atomic mass is 32.2. The van der Waals surface area contributed by atoms with Crippen LogP contribution < -0.4 is 15.4 Å². The molecular weight excluding hydrogens is 360 g/mol. The number of rotatable bonds is 9. The van der Waals surface area contributed by atoms with E-state index >= 15 is 0 Å². The summed E-state index contributed by atoms with van der Waals surface area (Å²) in [5.74, 6) is 1.80. The average molecular weight is 387 g/mol. The molecule has 0 radical (unpaired) electrons. The predicted octanol–water partition coefficient (Wildman–Crippen LogP) is 4.80. The quantitative estimate of drug-likeness (QED) is 0.608. The second-order valence-electron chi connectivity index (χ2n) is 6.55. The van der Waals surface area contributed by atoms with Crippen LogP contribution >= 0.6 is 11.8 Å². The van der Waals surface area contributed by atoms with E-state index in [0.29, 0.717) is 24.5 Å². The van der Waals surface area contributed by atoms with Crippen LogP contribution in [0.25, 0.3) is 0 Å². The number of methoxy groups -OCH3 is 1. The van der Waals surface area contributed by atoms with E-state index in [1.165, 1.54) is 0 Å². The maximum absolute atomic E-state index is 12.1. The van der Waals surface area contributed by atoms with Crippen molar-refractivity contribution in [2.75, 3.05) is 23.5 Å². The minimum atomic E-state index is -0.0346. The number of benzene rings is 2. The molecule has 0 aromatic heterocycles. The lowest BCUT2D eigenvalue weighted by Gasteiger charge is -2.09. The van der Waals surface area contributed by atoms with Gasteiger partial charge in [-0.2, -0.15) is 0 Å². The van der Waals surface area contributed by atoms with Crippen LogP contribution in [0.2, 0.25) is 0 Å². The van der Waals surface area contributed by atoms with Crippen molar-refractivity contribution >= 4 is 35.0 Å². The minimum absolute atomic E-state index is 0.00246. The first-order valence-corrected chi connectivity index (χ1v) is 9.91. The zero-order chi connectivity index (χ0) is 19.6. The fourth-order valence-electron chi connectivity index (χ4n) is 2.38. The predicted molar refractivity (Wildman–Crippen MR) is 111 cm³/mol. The van der Waals surface area contributed by atoms with Gasteiger partial charge in [0, 0.05) is 34.9 Å². The van der Waals surface area contributed by atoms with Gasteiger partial charge >= 0.3 is 0 Å². The molecule has 0 fully saturated rings. The second-order valence-corrected chi connectivity index (χ2v) is 7.71. The van der Waals surface area contributed by atoms with E-state index in [0.717, 1.165) is 22.0 Å². The maximum atomic E-state index is 12.1. The van der Waals surface area contributed by atoms with E-state index in [1.54, 1.807) is 43.1 Å². The molecule has 2 amide bonds. The van der Waals surface area contributed by atoms with Gasteiger partial charge < -0.3 is 15.4 Å². The van der Waals surface area contributed by atoms with Gasteiger partial charge in [-0.3, -0.25) is 9.59 Å². The number of carbonyl (C=O) groups excluding carboxylic acids is 2. The number of hydrogen-bond acceptors (Lipinski definition) is 4. The van der Waals surface area contributed by atoms with Crippen molar-refractivity contribution in [3.63, 3.8) is 0 Å². The number of amides is 2. The van der Waals surface area contributed by atoms with E-state index in [-0.39, 0.29) is 11.8 Å². The zero-order valence-electron chi connectivity index (χ0n) is 16.0. The Morgan fingerprint density at radius 3 is 2.00 bits per heavy atom. The molecule has 2 aromatic carbocycles. The zero-order valence-corrected chi connectivity index (χ0v) is 16.8. The Kier molecular flexibility index (Phi) is 8.20. The van der Waals surface area contributed by atoms with Crippen molar-refractivity contribution in [1.82, 2.24) is 0 Å². The standard InChI is InChI=1S/C21H26N2O3S/c1-15(2)14-21(25)23-17-6-4-16(5-7-17)22-20(24)12-13-27-19-10-8-18(26-3)9-11-19/h4-11,15H,12-14H2,1-3H3,(H,22,24)(H,23,25). The molecule has 0 aliphatic carbocycles. The molecule has 0 atom stereocenters. The normalized spacial score (nSPS) is 10.5. The summed E-state index contributed by atoms with van der Waals surface area (Å²) in [7, 11) is 1.64. The summed E-state index contributed by atoms with van der Waals surface area (Å²) < 4.78 is 5.13. The molecule has 0 aliphatic heterocycles. The lowest BCUT2D eigenvalue weighted by Crippen LogP contribution is -2.14. The molecule has 2 N–H and O–H groups in total. The molecule has 6 heteroatoms. The SMILES string of the molecule is COc1ccc(SCCC(=O)Nc2ccc(NC(=O)CC(C)C)cc2)cc1. The molecule has 2 rings (SSSR count). The lowest BCUT2D eigenvalue weighted by atomic mass is 10.1. The Morgan fingerprint density at radius 1 is 0.926 bits per heavy atom. The number of thioether (sulfide) groups is 1. The highest BCUT2D eigenvalue weighted by molar-refractivity contribution is 7.99. The Hall–Kier alpha value is -2.47. The van der Waals surface area contributed by atoms with Crippen LogP contribution in [0.3, 0.4) is 0 Å². The third-order valence-corrected chi connectivity index (χ3v) is 4.72. The van der Waals surface area contributed by atoms with Gasteiger partial charge in [0.15, 0.2) is 0 Å². The summed E-state index contributed by atoms with van der Waals surface area (Å²) in [4.78, 5) is 24.9. The summed E-state index contributed by atoms with van der Waals surface area (Å²) in [5, 5.41) is 5.72. The van der Waals surface area contributed by atoms with Gasteiger partial charge in [0.1, 0.15) is 5.75 Å². The van der Waals surface area contributed by atoms with Crippen molar-refractivity contribution in [3.05, 3.63) is 48.5 Å². The van der Waals surface area contributed by atoms with Crippen LogP contribution in [0.4, 0.5) is 11.4 Å². The Bertz CT molecular complexity index is 743. The molecule has 0 aliphatic rings. The van der Waals surface area contributed by atoms with Crippen molar-refractivity contribution in [2.24, 2.45) is 5.92 Å². The average Bonchev–Trinajstić information content (AvgIpc) is 2.63. The van der Waals surface area contributed by atoms with Crippen molar-refractivity contribution in [2.45, 2.75) is 31.6 Å². The molecule has 2 aromatic rings. The monoisotopic (exact) mass is 386 g/mol. The van der Waals surface area contributed by atoms with Crippen LogP contribution in [0.5, 0.6) is 5.75 Å². The van der Waals surface area contributed by atoms with Crippen LogP contribution in [0.1, 0.15) is 26.7 Å². The first-order chi connectivity index (χ1) is 13.0. The fourth-order valence-corrected chi connectivity index (χ4v) is 3.23. The molecule has 0 unspecified atom stereocenters. The Labute approximate surface area is 164 Å². The third-order valence-electron chi connectivity index (χ3n) is 3.70. The summed E-state index contributed by atoms with van der Waals surface area (Å²) in [5.41, 5.74) is 1.45. The Balaban J connectivity index is 1.74. The van der Waals surface area contributed by atoms with E-state index in [1.807, 2.05) is 38.1 Å². The highest BCUT2D eigenvalue weighted by Crippen LogP contribution is 2.22. The summed E-state index contributed by atoms with van der Waals surface area (Å²) in [6, 6.07) is 14.9. The van der Waals surface area contributed by atoms with E-state index in [9.17, 15) is 9.59 Å². The van der Waals surface area contributed by atoms with Gasteiger partial charge in [0.25, 0.3) is 0 Å². The van der Waals surface area contributed by atoms with Crippen molar-refractivity contribution in [1.29, 1.82) is 0 Å². The van der Waals surface area contributed by atoms with Crippen molar-refractivity contribution < 1.29 is 14.3 Å². The number of anilines is 2. The maximum Gasteiger partial charge on any atom is 0.225 e. The third kappa shape index (κ3) is 7.74. The number of carbonyl (C=O) groups is 2. The molecule has 27 heavy (non-hydrogen) atoms. The largest absolute Gasteiger partial charge is 0.497 e. The summed E-state index contributed by atoms with van der Waals surface area (Å²) in [6.45, 7) is 4.01. The topological polar surface area (TPSA) is 67.4 Å². The smallest absolute Gasteiger partial charge is 0.225 e. The first kappa shape index (κ1) is 20.8. The van der Waals surface area contributed by atoms with Gasteiger partial charge in [0.2, 0.25) is 11.8 Å².